The number of nitrogens with zero attached hydrogens (tertiary/aromatic N) is 2. The SMILES string of the molecule is CC(C)c1cc(CNS(=O)(=O)C2CN(C(=O)c3ccccc3)C2)on1. The molecule has 0 aliphatic carbocycles. The first-order valence-electron chi connectivity index (χ1n) is 8.15. The number of aromatic nitrogens is 1. The molecule has 2 heterocycles. The maximum absolute atomic E-state index is 12.3. The van der Waals surface area contributed by atoms with Gasteiger partial charge in [-0.25, -0.2) is 13.1 Å². The zero-order chi connectivity index (χ0) is 18.0. The first kappa shape index (κ1) is 17.6. The number of nitrogens with one attached hydrogen (secondary N) is 1. The quantitative estimate of drug-likeness (QED) is 0.844. The normalized spacial score (nSPS) is 15.4. The van der Waals surface area contributed by atoms with Crippen molar-refractivity contribution in [3.05, 3.63) is 53.4 Å². The molecule has 0 unspecified atom stereocenters. The predicted octanol–water partition coefficient (Wildman–Crippen LogP) is 1.74. The molecule has 1 aromatic carbocycles. The highest BCUT2D eigenvalue weighted by atomic mass is 32.2. The maximum Gasteiger partial charge on any atom is 0.253 e. The van der Waals surface area contributed by atoms with Crippen LogP contribution in [0.4, 0.5) is 0 Å². The molecule has 0 saturated carbocycles. The van der Waals surface area contributed by atoms with Crippen LogP contribution in [0.1, 0.15) is 41.6 Å². The van der Waals surface area contributed by atoms with Crippen LogP contribution in [0.2, 0.25) is 0 Å². The third-order valence-corrected chi connectivity index (χ3v) is 5.93. The second-order valence-corrected chi connectivity index (χ2v) is 8.48. The number of carbonyl (C=O) groups is 1. The van der Waals surface area contributed by atoms with E-state index in [1.165, 1.54) is 4.90 Å². The van der Waals surface area contributed by atoms with Crippen LogP contribution in [-0.4, -0.2) is 42.7 Å². The molecule has 8 heteroatoms. The molecule has 3 rings (SSSR count). The van der Waals surface area contributed by atoms with Gasteiger partial charge in [-0.05, 0) is 18.1 Å². The predicted molar refractivity (Wildman–Crippen MR) is 92.5 cm³/mol. The summed E-state index contributed by atoms with van der Waals surface area (Å²) in [5.41, 5.74) is 1.35. The van der Waals surface area contributed by atoms with Crippen molar-refractivity contribution in [3.8, 4) is 0 Å². The minimum absolute atomic E-state index is 0.0607. The average molecular weight is 363 g/mol. The molecule has 2 aromatic rings. The van der Waals surface area contributed by atoms with E-state index in [0.717, 1.165) is 5.69 Å². The van der Waals surface area contributed by atoms with Crippen molar-refractivity contribution >= 4 is 15.9 Å². The Morgan fingerprint density at radius 2 is 2.00 bits per heavy atom. The summed E-state index contributed by atoms with van der Waals surface area (Å²) >= 11 is 0. The lowest BCUT2D eigenvalue weighted by Gasteiger charge is -2.38. The fourth-order valence-corrected chi connectivity index (χ4v) is 3.87. The molecular weight excluding hydrogens is 342 g/mol. The van der Waals surface area contributed by atoms with Crippen LogP contribution in [0.3, 0.4) is 0 Å². The third kappa shape index (κ3) is 3.91. The van der Waals surface area contributed by atoms with Crippen molar-refractivity contribution in [2.75, 3.05) is 13.1 Å². The van der Waals surface area contributed by atoms with Gasteiger partial charge in [-0.15, -0.1) is 0 Å². The third-order valence-electron chi connectivity index (χ3n) is 4.21. The summed E-state index contributed by atoms with van der Waals surface area (Å²) in [7, 11) is -3.51. The number of sulfonamides is 1. The molecule has 1 N–H and O–H groups in total. The standard InChI is InChI=1S/C17H21N3O4S/c1-12(2)16-8-14(24-19-16)9-18-25(22,23)15-10-20(11-15)17(21)13-6-4-3-5-7-13/h3-8,12,15,18H,9-11H2,1-2H3. The lowest BCUT2D eigenvalue weighted by Crippen LogP contribution is -2.59. The van der Waals surface area contributed by atoms with Crippen LogP contribution < -0.4 is 4.72 Å². The molecular formula is C17H21N3O4S. The molecule has 25 heavy (non-hydrogen) atoms. The van der Waals surface area contributed by atoms with Crippen LogP contribution in [0, 0.1) is 0 Å². The number of carbonyl (C=O) groups excluding carboxylic acids is 1. The Bertz CT molecular complexity index is 840. The van der Waals surface area contributed by atoms with Crippen molar-refractivity contribution in [3.63, 3.8) is 0 Å². The minimum atomic E-state index is -3.51. The number of hydrogen-bond acceptors (Lipinski definition) is 5. The van der Waals surface area contributed by atoms with Gasteiger partial charge in [-0.1, -0.05) is 37.2 Å². The summed E-state index contributed by atoms with van der Waals surface area (Å²) in [5.74, 6) is 0.547. The van der Waals surface area contributed by atoms with Gasteiger partial charge in [-0.2, -0.15) is 0 Å². The van der Waals surface area contributed by atoms with Crippen molar-refractivity contribution in [1.29, 1.82) is 0 Å². The van der Waals surface area contributed by atoms with Gasteiger partial charge in [0.2, 0.25) is 10.0 Å². The van der Waals surface area contributed by atoms with E-state index in [1.54, 1.807) is 30.3 Å². The van der Waals surface area contributed by atoms with Crippen LogP contribution in [0.15, 0.2) is 40.9 Å². The Balaban J connectivity index is 1.53. The van der Waals surface area contributed by atoms with Crippen LogP contribution in [-0.2, 0) is 16.6 Å². The van der Waals surface area contributed by atoms with Crippen LogP contribution in [0.25, 0.3) is 0 Å². The largest absolute Gasteiger partial charge is 0.360 e. The summed E-state index contributed by atoms with van der Waals surface area (Å²) in [6.45, 7) is 4.41. The first-order chi connectivity index (χ1) is 11.9. The number of hydrogen-bond donors (Lipinski definition) is 1. The first-order valence-corrected chi connectivity index (χ1v) is 9.69. The maximum atomic E-state index is 12.3. The van der Waals surface area contributed by atoms with Gasteiger partial charge in [0.05, 0.1) is 12.2 Å². The molecule has 1 amide bonds. The zero-order valence-electron chi connectivity index (χ0n) is 14.2. The highest BCUT2D eigenvalue weighted by Gasteiger charge is 2.39. The summed E-state index contributed by atoms with van der Waals surface area (Å²) in [6.07, 6.45) is 0. The summed E-state index contributed by atoms with van der Waals surface area (Å²) in [6, 6.07) is 10.6. The van der Waals surface area contributed by atoms with Gasteiger partial charge >= 0.3 is 0 Å². The van der Waals surface area contributed by atoms with Crippen LogP contribution in [0.5, 0.6) is 0 Å². The van der Waals surface area contributed by atoms with E-state index in [4.69, 9.17) is 4.52 Å². The average Bonchev–Trinajstić information content (AvgIpc) is 3.01. The molecule has 0 radical (unpaired) electrons. The fourth-order valence-electron chi connectivity index (χ4n) is 2.54. The zero-order valence-corrected chi connectivity index (χ0v) is 15.0. The number of likely N-dealkylation sites (tertiary alicyclic amines) is 1. The van der Waals surface area contributed by atoms with E-state index >= 15 is 0 Å². The van der Waals surface area contributed by atoms with Crippen molar-refractivity contribution in [2.24, 2.45) is 0 Å². The molecule has 1 saturated heterocycles. The molecule has 1 aliphatic heterocycles. The number of amides is 1. The van der Waals surface area contributed by atoms with E-state index in [2.05, 4.69) is 9.88 Å². The molecule has 1 aromatic heterocycles. The van der Waals surface area contributed by atoms with Gasteiger partial charge in [0.1, 0.15) is 5.25 Å². The smallest absolute Gasteiger partial charge is 0.253 e. The Kier molecular flexibility index (Phi) is 4.91. The lowest BCUT2D eigenvalue weighted by atomic mass is 10.1. The number of rotatable bonds is 6. The minimum Gasteiger partial charge on any atom is -0.360 e. The summed E-state index contributed by atoms with van der Waals surface area (Å²) < 4.78 is 32.3. The second kappa shape index (κ2) is 6.97. The Morgan fingerprint density at radius 1 is 1.32 bits per heavy atom. The molecule has 134 valence electrons. The highest BCUT2D eigenvalue weighted by Crippen LogP contribution is 2.19. The van der Waals surface area contributed by atoms with Gasteiger partial charge < -0.3 is 9.42 Å². The van der Waals surface area contributed by atoms with Gasteiger partial charge in [0.25, 0.3) is 5.91 Å². The highest BCUT2D eigenvalue weighted by molar-refractivity contribution is 7.90. The van der Waals surface area contributed by atoms with Crippen molar-refractivity contribution < 1.29 is 17.7 Å². The lowest BCUT2D eigenvalue weighted by molar-refractivity contribution is 0.0658. The van der Waals surface area contributed by atoms with Gasteiger partial charge in [0.15, 0.2) is 5.76 Å². The second-order valence-electron chi connectivity index (χ2n) is 6.44. The Labute approximate surface area is 147 Å². The van der Waals surface area contributed by atoms with E-state index in [9.17, 15) is 13.2 Å². The Morgan fingerprint density at radius 3 is 2.60 bits per heavy atom. The Hall–Kier alpha value is -2.19. The van der Waals surface area contributed by atoms with Crippen molar-refractivity contribution in [1.82, 2.24) is 14.8 Å². The molecule has 7 nitrogen and oxygen atoms in total. The molecule has 0 bridgehead atoms. The molecule has 0 atom stereocenters. The summed E-state index contributed by atoms with van der Waals surface area (Å²) in [4.78, 5) is 13.8. The van der Waals surface area contributed by atoms with Gasteiger partial charge in [0, 0.05) is 24.7 Å². The molecule has 1 fully saturated rings. The van der Waals surface area contributed by atoms with Crippen LogP contribution >= 0.6 is 0 Å². The van der Waals surface area contributed by atoms with Gasteiger partial charge in [-0.3, -0.25) is 4.79 Å². The number of benzene rings is 1. The van der Waals surface area contributed by atoms with E-state index in [0.29, 0.717) is 11.3 Å². The van der Waals surface area contributed by atoms with E-state index < -0.39 is 15.3 Å². The molecule has 1 aliphatic rings. The monoisotopic (exact) mass is 363 g/mol. The van der Waals surface area contributed by atoms with E-state index in [1.807, 2.05) is 19.9 Å². The molecule has 0 spiro atoms. The van der Waals surface area contributed by atoms with E-state index in [-0.39, 0.29) is 31.5 Å². The fraction of sp³-hybridized carbons (Fsp3) is 0.412. The van der Waals surface area contributed by atoms with Crippen molar-refractivity contribution in [2.45, 2.75) is 31.6 Å². The summed E-state index contributed by atoms with van der Waals surface area (Å²) in [5, 5.41) is 3.30. The topological polar surface area (TPSA) is 92.5 Å².